The molecule has 0 radical (unpaired) electrons. The Morgan fingerprint density at radius 3 is 2.75 bits per heavy atom. The van der Waals surface area contributed by atoms with Gasteiger partial charge >= 0.3 is 6.16 Å². The third-order valence-corrected chi connectivity index (χ3v) is 5.03. The molecule has 2 heterocycles. The van der Waals surface area contributed by atoms with E-state index >= 15 is 0 Å². The van der Waals surface area contributed by atoms with Crippen LogP contribution in [0.15, 0.2) is 17.1 Å². The van der Waals surface area contributed by atoms with E-state index in [1.807, 2.05) is 0 Å². The fourth-order valence-corrected chi connectivity index (χ4v) is 3.68. The summed E-state index contributed by atoms with van der Waals surface area (Å²) in [5.41, 5.74) is 2.68. The van der Waals surface area contributed by atoms with Gasteiger partial charge in [-0.15, -0.1) is 0 Å². The zero-order valence-corrected chi connectivity index (χ0v) is 13.1. The van der Waals surface area contributed by atoms with Crippen LogP contribution in [0.25, 0.3) is 0 Å². The third-order valence-electron chi connectivity index (χ3n) is 5.03. The van der Waals surface area contributed by atoms with Crippen molar-refractivity contribution in [1.82, 2.24) is 9.58 Å². The predicted octanol–water partition coefficient (Wildman–Crippen LogP) is 0.477. The molecule has 4 aliphatic rings. The number of amides is 1. The smallest absolute Gasteiger partial charge is 0.451 e. The maximum atomic E-state index is 12.9. The summed E-state index contributed by atoms with van der Waals surface area (Å²) in [4.78, 5) is 37.8. The Balaban J connectivity index is 1.60. The van der Waals surface area contributed by atoms with Crippen molar-refractivity contribution in [3.63, 3.8) is 0 Å². The summed E-state index contributed by atoms with van der Waals surface area (Å²) in [6.45, 7) is -0.126. The van der Waals surface area contributed by atoms with Crippen LogP contribution in [0, 0.1) is 5.92 Å². The Bertz CT molecular complexity index is 756. The van der Waals surface area contributed by atoms with Crippen molar-refractivity contribution in [2.24, 2.45) is 5.92 Å². The maximum Gasteiger partial charge on any atom is 0.510 e. The van der Waals surface area contributed by atoms with Crippen LogP contribution in [-0.2, 0) is 9.47 Å². The minimum absolute atomic E-state index is 0.0777. The van der Waals surface area contributed by atoms with Gasteiger partial charge in [0.25, 0.3) is 5.91 Å². The van der Waals surface area contributed by atoms with Crippen LogP contribution in [0.1, 0.15) is 29.8 Å². The van der Waals surface area contributed by atoms with E-state index in [1.165, 1.54) is 16.9 Å². The number of nitrogens with zero attached hydrogens (tertiary/aromatic N) is 2. The average Bonchev–Trinajstić information content (AvgIpc) is 2.48. The molecule has 128 valence electrons. The van der Waals surface area contributed by atoms with Crippen LogP contribution in [0.4, 0.5) is 4.79 Å². The highest BCUT2D eigenvalue weighted by Crippen LogP contribution is 2.60. The average molecular weight is 335 g/mol. The zero-order chi connectivity index (χ0) is 16.9. The van der Waals surface area contributed by atoms with Gasteiger partial charge in [-0.25, -0.2) is 4.79 Å². The molecule has 0 atom stereocenters. The fourth-order valence-electron chi connectivity index (χ4n) is 3.68. The van der Waals surface area contributed by atoms with Crippen LogP contribution < -0.4 is 15.6 Å². The molecule has 1 amide bonds. The van der Waals surface area contributed by atoms with Crippen LogP contribution in [0.3, 0.4) is 0 Å². The fraction of sp³-hybridized carbons (Fsp3) is 0.533. The first-order chi connectivity index (χ1) is 11.5. The minimum atomic E-state index is -0.931. The lowest BCUT2D eigenvalue weighted by Gasteiger charge is -2.66. The van der Waals surface area contributed by atoms with Crippen molar-refractivity contribution in [2.75, 3.05) is 26.0 Å². The number of pyridine rings is 1. The lowest BCUT2D eigenvalue weighted by molar-refractivity contribution is -0.124. The quantitative estimate of drug-likeness (QED) is 0.631. The lowest BCUT2D eigenvalue weighted by Crippen LogP contribution is -2.71. The molecule has 0 unspecified atom stereocenters. The molecular formula is C15H17N3O6. The van der Waals surface area contributed by atoms with E-state index < -0.39 is 18.4 Å². The van der Waals surface area contributed by atoms with Crippen molar-refractivity contribution in [2.45, 2.75) is 24.8 Å². The zero-order valence-electron chi connectivity index (χ0n) is 13.1. The lowest BCUT2D eigenvalue weighted by atomic mass is 9.49. The first kappa shape index (κ1) is 14.9. The summed E-state index contributed by atoms with van der Waals surface area (Å²) in [5.74, 6) is 0.328. The van der Waals surface area contributed by atoms with Crippen molar-refractivity contribution >= 4 is 12.1 Å². The third kappa shape index (κ3) is 2.04. The molecule has 0 aromatic carbocycles. The number of hydrogen-bond donors (Lipinski definition) is 1. The number of carbonyl (C=O) groups excluding carboxylic acids is 2. The van der Waals surface area contributed by atoms with Gasteiger partial charge in [0.1, 0.15) is 6.67 Å². The highest BCUT2D eigenvalue weighted by molar-refractivity contribution is 5.97. The monoisotopic (exact) mass is 335 g/mol. The second-order valence-corrected chi connectivity index (χ2v) is 6.34. The van der Waals surface area contributed by atoms with Crippen LogP contribution >= 0.6 is 0 Å². The summed E-state index contributed by atoms with van der Waals surface area (Å²) < 4.78 is 15.7. The SMILES string of the molecule is COC(=O)OCOc1c2n(ccc1=O)NCN(C13CC(C1)C3)C2=O. The molecule has 1 aliphatic heterocycles. The number of hydrogen-bond acceptors (Lipinski definition) is 7. The van der Waals surface area contributed by atoms with Crippen molar-refractivity contribution in [3.8, 4) is 5.75 Å². The molecule has 1 N–H and O–H groups in total. The normalized spacial score (nSPS) is 26.5. The highest BCUT2D eigenvalue weighted by atomic mass is 16.8. The van der Waals surface area contributed by atoms with E-state index in [0.29, 0.717) is 6.67 Å². The summed E-state index contributed by atoms with van der Waals surface area (Å²) >= 11 is 0. The van der Waals surface area contributed by atoms with Crippen LogP contribution in [0.5, 0.6) is 5.75 Å². The first-order valence-electron chi connectivity index (χ1n) is 7.69. The summed E-state index contributed by atoms with van der Waals surface area (Å²) in [6, 6.07) is 1.29. The van der Waals surface area contributed by atoms with Gasteiger partial charge in [0.15, 0.2) is 5.69 Å². The van der Waals surface area contributed by atoms with Gasteiger partial charge in [-0.3, -0.25) is 14.3 Å². The molecule has 3 aliphatic carbocycles. The number of carbonyl (C=O) groups is 2. The molecule has 5 rings (SSSR count). The molecule has 3 fully saturated rings. The number of methoxy groups -OCH3 is 1. The molecule has 3 saturated carbocycles. The largest absolute Gasteiger partial charge is 0.510 e. The molecule has 1 aromatic rings. The number of fused-ring (bicyclic) bond motifs is 1. The Hall–Kier alpha value is -2.71. The number of aromatic nitrogens is 1. The van der Waals surface area contributed by atoms with Crippen molar-refractivity contribution in [1.29, 1.82) is 0 Å². The van der Waals surface area contributed by atoms with Gasteiger partial charge in [0, 0.05) is 17.8 Å². The summed E-state index contributed by atoms with van der Waals surface area (Å²) in [5, 5.41) is 0. The van der Waals surface area contributed by atoms with Gasteiger partial charge in [0.05, 0.1) is 7.11 Å². The van der Waals surface area contributed by atoms with Crippen LogP contribution in [-0.4, -0.2) is 47.7 Å². The number of nitrogens with one attached hydrogen (secondary N) is 1. The van der Waals surface area contributed by atoms with E-state index in [9.17, 15) is 14.4 Å². The van der Waals surface area contributed by atoms with Crippen molar-refractivity contribution in [3.05, 3.63) is 28.2 Å². The van der Waals surface area contributed by atoms with Crippen molar-refractivity contribution < 1.29 is 23.8 Å². The van der Waals surface area contributed by atoms with E-state index in [4.69, 9.17) is 4.74 Å². The first-order valence-corrected chi connectivity index (χ1v) is 7.69. The Labute approximate surface area is 137 Å². The van der Waals surface area contributed by atoms with Crippen LogP contribution in [0.2, 0.25) is 0 Å². The number of ether oxygens (including phenoxy) is 3. The van der Waals surface area contributed by atoms with Gasteiger partial charge in [-0.05, 0) is 25.2 Å². The Morgan fingerprint density at radius 1 is 1.38 bits per heavy atom. The van der Waals surface area contributed by atoms with E-state index in [0.717, 1.165) is 32.3 Å². The second-order valence-electron chi connectivity index (χ2n) is 6.34. The van der Waals surface area contributed by atoms with E-state index in [-0.39, 0.29) is 22.9 Å². The maximum absolute atomic E-state index is 12.9. The molecule has 9 nitrogen and oxygen atoms in total. The number of rotatable bonds is 4. The standard InChI is InChI=1S/C15H17N3O6/c1-22-14(21)24-8-23-12-10(19)2-3-18-11(12)13(20)17(7-16-18)15-4-9(5-15)6-15/h2-3,9,16H,4-8H2,1H3. The Morgan fingerprint density at radius 2 is 2.12 bits per heavy atom. The minimum Gasteiger partial charge on any atom is -0.451 e. The highest BCUT2D eigenvalue weighted by Gasteiger charge is 2.62. The van der Waals surface area contributed by atoms with E-state index in [1.54, 1.807) is 4.90 Å². The second kappa shape index (κ2) is 5.15. The summed E-state index contributed by atoms with van der Waals surface area (Å²) in [7, 11) is 1.16. The molecule has 9 heteroatoms. The molecule has 0 saturated heterocycles. The molecule has 1 aromatic heterocycles. The predicted molar refractivity (Wildman–Crippen MR) is 80.2 cm³/mol. The molecule has 0 spiro atoms. The van der Waals surface area contributed by atoms with E-state index in [2.05, 4.69) is 14.9 Å². The molecule has 24 heavy (non-hydrogen) atoms. The van der Waals surface area contributed by atoms with Gasteiger partial charge in [0.2, 0.25) is 18.0 Å². The topological polar surface area (TPSA) is 99.1 Å². The summed E-state index contributed by atoms with van der Waals surface area (Å²) in [6.07, 6.45) is 3.60. The molecular weight excluding hydrogens is 318 g/mol. The molecule has 2 bridgehead atoms. The Kier molecular flexibility index (Phi) is 3.19. The van der Waals surface area contributed by atoms with Gasteiger partial charge in [-0.1, -0.05) is 0 Å². The van der Waals surface area contributed by atoms with Gasteiger partial charge in [-0.2, -0.15) is 0 Å². The van der Waals surface area contributed by atoms with Gasteiger partial charge < -0.3 is 24.5 Å².